The Morgan fingerprint density at radius 1 is 0.429 bits per heavy atom. The SMILES string of the molecule is c1ccc(-c2nc(-c3cc4c5c(cccc5c3)CC4)cc(-c3cccc4c3-c3ccc(-c5ccc6sc7ccccc7c6c5)cc3C43c4ccccc4Oc4ccccc43)n2)cc1. The Morgan fingerprint density at radius 3 is 2.00 bits per heavy atom. The number of hydrogen-bond acceptors (Lipinski definition) is 4. The van der Waals surface area contributed by atoms with Crippen molar-refractivity contribution in [3.8, 4) is 67.7 Å². The van der Waals surface area contributed by atoms with Crippen molar-refractivity contribution in [2.45, 2.75) is 18.3 Å². The van der Waals surface area contributed by atoms with Crippen LogP contribution in [0.5, 0.6) is 11.5 Å². The van der Waals surface area contributed by atoms with Crippen LogP contribution in [0.4, 0.5) is 0 Å². The third-order valence-corrected chi connectivity index (χ3v) is 15.0. The van der Waals surface area contributed by atoms with Gasteiger partial charge in [-0.2, -0.15) is 0 Å². The summed E-state index contributed by atoms with van der Waals surface area (Å²) in [7, 11) is 0. The van der Waals surface area contributed by atoms with Gasteiger partial charge in [-0.3, -0.25) is 0 Å². The van der Waals surface area contributed by atoms with Gasteiger partial charge in [0.05, 0.1) is 16.8 Å². The zero-order valence-corrected chi connectivity index (χ0v) is 34.9. The van der Waals surface area contributed by atoms with Gasteiger partial charge in [-0.15, -0.1) is 11.3 Å². The Labute approximate surface area is 368 Å². The summed E-state index contributed by atoms with van der Waals surface area (Å²) in [5.41, 5.74) is 16.7. The lowest BCUT2D eigenvalue weighted by Gasteiger charge is -2.39. The number of benzene rings is 9. The predicted molar refractivity (Wildman–Crippen MR) is 259 cm³/mol. The summed E-state index contributed by atoms with van der Waals surface area (Å²) in [6.07, 6.45) is 2.13. The Bertz CT molecular complexity index is 3690. The fourth-order valence-electron chi connectivity index (χ4n) is 11.1. The number of aromatic nitrogens is 2. The highest BCUT2D eigenvalue weighted by Crippen LogP contribution is 2.64. The molecule has 9 aromatic carbocycles. The molecule has 2 aromatic heterocycles. The normalized spacial score (nSPS) is 13.8. The van der Waals surface area contributed by atoms with E-state index < -0.39 is 5.41 Å². The largest absolute Gasteiger partial charge is 0.457 e. The quantitative estimate of drug-likeness (QED) is 0.177. The molecule has 3 nitrogen and oxygen atoms in total. The zero-order valence-electron chi connectivity index (χ0n) is 34.1. The summed E-state index contributed by atoms with van der Waals surface area (Å²) in [6.45, 7) is 0. The molecule has 0 N–H and O–H groups in total. The van der Waals surface area contributed by atoms with Gasteiger partial charge in [-0.25, -0.2) is 9.97 Å². The maximum Gasteiger partial charge on any atom is 0.160 e. The molecule has 11 aromatic rings. The molecule has 1 spiro atoms. The molecule has 2 aliphatic carbocycles. The molecule has 0 unspecified atom stereocenters. The van der Waals surface area contributed by atoms with E-state index in [1.165, 1.54) is 75.5 Å². The zero-order chi connectivity index (χ0) is 41.2. The third-order valence-electron chi connectivity index (χ3n) is 13.8. The van der Waals surface area contributed by atoms with Crippen molar-refractivity contribution in [1.82, 2.24) is 9.97 Å². The number of thiophene rings is 1. The van der Waals surface area contributed by atoms with E-state index in [-0.39, 0.29) is 0 Å². The van der Waals surface area contributed by atoms with Gasteiger partial charge in [0.25, 0.3) is 0 Å². The van der Waals surface area contributed by atoms with Crippen molar-refractivity contribution in [2.24, 2.45) is 0 Å². The first-order chi connectivity index (χ1) is 31.2. The maximum atomic E-state index is 6.77. The highest BCUT2D eigenvalue weighted by Gasteiger charge is 2.52. The van der Waals surface area contributed by atoms with Crippen molar-refractivity contribution >= 4 is 42.3 Å². The highest BCUT2D eigenvalue weighted by atomic mass is 32.1. The van der Waals surface area contributed by atoms with Crippen molar-refractivity contribution in [3.63, 3.8) is 0 Å². The van der Waals surface area contributed by atoms with Crippen LogP contribution >= 0.6 is 11.3 Å². The minimum absolute atomic E-state index is 0.653. The molecular weight excluding hydrogens is 785 g/mol. The van der Waals surface area contributed by atoms with Crippen LogP contribution in [0.25, 0.3) is 87.1 Å². The minimum Gasteiger partial charge on any atom is -0.457 e. The van der Waals surface area contributed by atoms with Crippen LogP contribution in [0.1, 0.15) is 33.4 Å². The smallest absolute Gasteiger partial charge is 0.160 e. The fraction of sp³-hybridized carbons (Fsp3) is 0.0508. The van der Waals surface area contributed by atoms with Crippen molar-refractivity contribution in [1.29, 1.82) is 0 Å². The molecule has 0 saturated carbocycles. The van der Waals surface area contributed by atoms with Crippen LogP contribution in [-0.4, -0.2) is 9.97 Å². The van der Waals surface area contributed by atoms with Crippen LogP contribution in [0.15, 0.2) is 194 Å². The van der Waals surface area contributed by atoms with Crippen molar-refractivity contribution < 1.29 is 4.74 Å². The number of rotatable bonds is 4. The van der Waals surface area contributed by atoms with E-state index >= 15 is 0 Å². The van der Waals surface area contributed by atoms with Gasteiger partial charge in [0, 0.05) is 48.0 Å². The lowest BCUT2D eigenvalue weighted by molar-refractivity contribution is 0.436. The average molecular weight is 821 g/mol. The lowest BCUT2D eigenvalue weighted by Crippen LogP contribution is -2.32. The number of aryl methyl sites for hydroxylation is 2. The Morgan fingerprint density at radius 2 is 1.13 bits per heavy atom. The van der Waals surface area contributed by atoms with Crippen molar-refractivity contribution in [2.75, 3.05) is 0 Å². The molecule has 0 radical (unpaired) electrons. The van der Waals surface area contributed by atoms with E-state index in [9.17, 15) is 0 Å². The first-order valence-electron chi connectivity index (χ1n) is 21.8. The third kappa shape index (κ3) is 5.01. The summed E-state index contributed by atoms with van der Waals surface area (Å²) in [5.74, 6) is 2.47. The molecule has 0 amide bonds. The molecule has 1 aliphatic heterocycles. The van der Waals surface area contributed by atoms with Gasteiger partial charge in [0.1, 0.15) is 11.5 Å². The highest BCUT2D eigenvalue weighted by molar-refractivity contribution is 7.25. The maximum absolute atomic E-state index is 6.77. The second-order valence-electron chi connectivity index (χ2n) is 17.1. The van der Waals surface area contributed by atoms with Crippen LogP contribution in [0.3, 0.4) is 0 Å². The molecule has 0 atom stereocenters. The molecule has 294 valence electrons. The monoisotopic (exact) mass is 820 g/mol. The van der Waals surface area contributed by atoms with Crippen LogP contribution in [0.2, 0.25) is 0 Å². The van der Waals surface area contributed by atoms with Crippen LogP contribution in [-0.2, 0) is 18.3 Å². The summed E-state index contributed by atoms with van der Waals surface area (Å²) in [5, 5.41) is 5.28. The van der Waals surface area contributed by atoms with E-state index in [4.69, 9.17) is 14.7 Å². The lowest BCUT2D eigenvalue weighted by atomic mass is 9.66. The van der Waals surface area contributed by atoms with Crippen LogP contribution < -0.4 is 4.74 Å². The van der Waals surface area contributed by atoms with Gasteiger partial charge < -0.3 is 4.74 Å². The molecule has 0 saturated heterocycles. The topological polar surface area (TPSA) is 35.0 Å². The summed E-state index contributed by atoms with van der Waals surface area (Å²) < 4.78 is 9.38. The molecule has 0 bridgehead atoms. The first-order valence-corrected chi connectivity index (χ1v) is 22.6. The molecule has 4 heteroatoms. The number of hydrogen-bond donors (Lipinski definition) is 0. The predicted octanol–water partition coefficient (Wildman–Crippen LogP) is 15.2. The summed E-state index contributed by atoms with van der Waals surface area (Å²) in [6, 6.07) is 71.0. The Balaban J connectivity index is 1.04. The fourth-order valence-corrected chi connectivity index (χ4v) is 12.2. The van der Waals surface area contributed by atoms with E-state index in [0.717, 1.165) is 63.5 Å². The van der Waals surface area contributed by atoms with Gasteiger partial charge in [-0.1, -0.05) is 140 Å². The molecule has 0 fully saturated rings. The molecule has 14 rings (SSSR count). The van der Waals surface area contributed by atoms with Crippen LogP contribution in [0, 0.1) is 0 Å². The second-order valence-corrected chi connectivity index (χ2v) is 18.2. The van der Waals surface area contributed by atoms with E-state index in [1.54, 1.807) is 0 Å². The second kappa shape index (κ2) is 13.2. The van der Waals surface area contributed by atoms with E-state index in [2.05, 4.69) is 194 Å². The number of ether oxygens (including phenoxy) is 1. The molecule has 3 heterocycles. The Hall–Kier alpha value is -7.66. The Kier molecular flexibility index (Phi) is 7.32. The van der Waals surface area contributed by atoms with E-state index in [1.807, 2.05) is 11.3 Å². The molecular formula is C59H36N2OS. The summed E-state index contributed by atoms with van der Waals surface area (Å²) >= 11 is 1.86. The molecule has 3 aliphatic rings. The van der Waals surface area contributed by atoms with Gasteiger partial charge in [-0.05, 0) is 123 Å². The summed E-state index contributed by atoms with van der Waals surface area (Å²) in [4.78, 5) is 10.8. The number of nitrogens with zero attached hydrogens (tertiary/aromatic N) is 2. The van der Waals surface area contributed by atoms with Crippen molar-refractivity contribution in [3.05, 3.63) is 228 Å². The van der Waals surface area contributed by atoms with Gasteiger partial charge in [0.2, 0.25) is 0 Å². The van der Waals surface area contributed by atoms with E-state index in [0.29, 0.717) is 5.82 Å². The number of fused-ring (bicyclic) bond motifs is 12. The van der Waals surface area contributed by atoms with Gasteiger partial charge >= 0.3 is 0 Å². The first kappa shape index (κ1) is 35.0. The number of para-hydroxylation sites is 2. The standard InChI is InChI=1S/C59H36N2OS/c1-2-12-36(13-3-1)58-60-50(41-30-39-15-10-14-35-24-25-40(31-41)56(35)39)34-51(61-58)44-17-11-20-48-57(44)43-28-26-38(37-27-29-55-45(32-37)42-16-4-9-23-54(42)63-55)33-49(43)59(48)46-18-5-7-21-52(46)62-53-22-8-6-19-47(53)59/h1-23,26-34H,24-25H2. The average Bonchev–Trinajstić information content (AvgIpc) is 4.03. The van der Waals surface area contributed by atoms with Gasteiger partial charge in [0.15, 0.2) is 5.82 Å². The molecule has 63 heavy (non-hydrogen) atoms. The minimum atomic E-state index is -0.653.